The van der Waals surface area contributed by atoms with E-state index >= 15 is 0 Å². The smallest absolute Gasteiger partial charge is 0.194 e. The maximum Gasteiger partial charge on any atom is 0.194 e. The van der Waals surface area contributed by atoms with E-state index < -0.39 is 11.6 Å². The van der Waals surface area contributed by atoms with Crippen LogP contribution in [0.2, 0.25) is 5.02 Å². The number of nitrogens with one attached hydrogen (secondary N) is 1. The van der Waals surface area contributed by atoms with Gasteiger partial charge in [0.05, 0.1) is 0 Å². The van der Waals surface area contributed by atoms with Crippen molar-refractivity contribution in [3.8, 4) is 0 Å². The Morgan fingerprint density at radius 2 is 1.54 bits per heavy atom. The summed E-state index contributed by atoms with van der Waals surface area (Å²) in [4.78, 5) is 16.3. The normalized spacial score (nSPS) is 10.5. The second-order valence-electron chi connectivity index (χ2n) is 4.99. The number of ketones is 1. The lowest BCUT2D eigenvalue weighted by Crippen LogP contribution is -2.03. The van der Waals surface area contributed by atoms with Crippen molar-refractivity contribution < 1.29 is 13.6 Å². The molecule has 1 aromatic heterocycles. The maximum atomic E-state index is 13.6. The summed E-state index contributed by atoms with van der Waals surface area (Å²) in [5, 5.41) is 3.10. The third kappa shape index (κ3) is 3.41. The van der Waals surface area contributed by atoms with Crippen LogP contribution in [0.4, 0.5) is 20.3 Å². The number of benzene rings is 2. The number of pyridine rings is 1. The molecule has 3 nitrogen and oxygen atoms in total. The zero-order valence-corrected chi connectivity index (χ0v) is 13.0. The van der Waals surface area contributed by atoms with E-state index in [1.807, 2.05) is 0 Å². The first-order valence-corrected chi connectivity index (χ1v) is 7.40. The molecule has 3 rings (SSSR count). The van der Waals surface area contributed by atoms with Gasteiger partial charge in [-0.1, -0.05) is 17.7 Å². The van der Waals surface area contributed by atoms with Gasteiger partial charge in [-0.2, -0.15) is 0 Å². The number of anilines is 2. The highest BCUT2D eigenvalue weighted by Crippen LogP contribution is 2.22. The van der Waals surface area contributed by atoms with Crippen LogP contribution in [-0.4, -0.2) is 10.8 Å². The van der Waals surface area contributed by atoms with Crippen molar-refractivity contribution >= 4 is 28.9 Å². The molecule has 0 saturated carbocycles. The number of aromatic nitrogens is 1. The Balaban J connectivity index is 1.80. The predicted octanol–water partition coefficient (Wildman–Crippen LogP) is 4.99. The highest BCUT2D eigenvalue weighted by atomic mass is 35.5. The van der Waals surface area contributed by atoms with Crippen LogP contribution in [-0.2, 0) is 0 Å². The Labute approximate surface area is 141 Å². The molecule has 0 spiro atoms. The van der Waals surface area contributed by atoms with Gasteiger partial charge >= 0.3 is 0 Å². The number of hydrogen-bond acceptors (Lipinski definition) is 3. The lowest BCUT2D eigenvalue weighted by molar-refractivity contribution is 0.103. The molecular weight excluding hydrogens is 334 g/mol. The van der Waals surface area contributed by atoms with Gasteiger partial charge in [-0.3, -0.25) is 4.79 Å². The van der Waals surface area contributed by atoms with Gasteiger partial charge in [0.15, 0.2) is 5.78 Å². The van der Waals surface area contributed by atoms with Crippen molar-refractivity contribution in [2.45, 2.75) is 0 Å². The maximum absolute atomic E-state index is 13.6. The van der Waals surface area contributed by atoms with Crippen molar-refractivity contribution in [1.29, 1.82) is 0 Å². The van der Waals surface area contributed by atoms with Crippen LogP contribution in [0.25, 0.3) is 0 Å². The molecule has 3 aromatic rings. The largest absolute Gasteiger partial charge is 0.335 e. The van der Waals surface area contributed by atoms with Crippen molar-refractivity contribution in [3.05, 3.63) is 88.6 Å². The fourth-order valence-electron chi connectivity index (χ4n) is 2.12. The average molecular weight is 345 g/mol. The molecule has 0 atom stereocenters. The van der Waals surface area contributed by atoms with Gasteiger partial charge in [0.25, 0.3) is 0 Å². The van der Waals surface area contributed by atoms with E-state index in [0.717, 1.165) is 12.1 Å². The average Bonchev–Trinajstić information content (AvgIpc) is 2.59. The van der Waals surface area contributed by atoms with Crippen LogP contribution >= 0.6 is 11.6 Å². The number of carbonyl (C=O) groups excluding carboxylic acids is 1. The van der Waals surface area contributed by atoms with Crippen LogP contribution in [0.3, 0.4) is 0 Å². The summed E-state index contributed by atoms with van der Waals surface area (Å²) < 4.78 is 27.2. The molecule has 1 heterocycles. The summed E-state index contributed by atoms with van der Waals surface area (Å²) in [5.74, 6) is -1.44. The lowest BCUT2D eigenvalue weighted by atomic mass is 10.1. The minimum Gasteiger partial charge on any atom is -0.335 e. The monoisotopic (exact) mass is 344 g/mol. The molecule has 1 N–H and O–H groups in total. The minimum atomic E-state index is -0.724. The van der Waals surface area contributed by atoms with E-state index in [9.17, 15) is 13.6 Å². The van der Waals surface area contributed by atoms with Crippen LogP contribution < -0.4 is 5.32 Å². The van der Waals surface area contributed by atoms with Crippen LogP contribution in [0, 0.1) is 11.6 Å². The van der Waals surface area contributed by atoms with Gasteiger partial charge in [-0.25, -0.2) is 13.8 Å². The molecule has 0 aliphatic heterocycles. The number of carbonyl (C=O) groups is 1. The Bertz CT molecular complexity index is 860. The van der Waals surface area contributed by atoms with Gasteiger partial charge in [-0.05, 0) is 48.5 Å². The van der Waals surface area contributed by atoms with Gasteiger partial charge in [0.2, 0.25) is 0 Å². The summed E-state index contributed by atoms with van der Waals surface area (Å²) >= 11 is 5.79. The van der Waals surface area contributed by atoms with Crippen LogP contribution in [0.5, 0.6) is 0 Å². The van der Waals surface area contributed by atoms with Gasteiger partial charge in [-0.15, -0.1) is 0 Å². The molecule has 2 aromatic carbocycles. The van der Waals surface area contributed by atoms with Gasteiger partial charge < -0.3 is 5.32 Å². The molecule has 120 valence electrons. The third-order valence-corrected chi connectivity index (χ3v) is 3.60. The highest BCUT2D eigenvalue weighted by molar-refractivity contribution is 6.30. The molecule has 0 amide bonds. The van der Waals surface area contributed by atoms with E-state index in [0.29, 0.717) is 16.1 Å². The second-order valence-corrected chi connectivity index (χ2v) is 5.43. The van der Waals surface area contributed by atoms with E-state index in [-0.39, 0.29) is 17.3 Å². The molecule has 0 bridgehead atoms. The summed E-state index contributed by atoms with van der Waals surface area (Å²) in [6, 6.07) is 13.1. The first-order valence-electron chi connectivity index (χ1n) is 7.02. The molecule has 0 aliphatic rings. The summed E-state index contributed by atoms with van der Waals surface area (Å²) in [6.07, 6.45) is 1.35. The number of halogens is 3. The number of nitrogens with zero attached hydrogens (tertiary/aromatic N) is 1. The Hall–Kier alpha value is -2.79. The Morgan fingerprint density at radius 1 is 0.917 bits per heavy atom. The minimum absolute atomic E-state index is 0.220. The summed E-state index contributed by atoms with van der Waals surface area (Å²) in [5.41, 5.74) is 0.542. The van der Waals surface area contributed by atoms with Crippen LogP contribution in [0.1, 0.15) is 15.9 Å². The molecule has 0 radical (unpaired) electrons. The predicted molar refractivity (Wildman–Crippen MR) is 88.8 cm³/mol. The standard InChI is InChI=1S/C18H11ClF2N2O/c19-13-7-4-11(5-8-13)18(24)12-6-9-16(22-10-12)23-17-14(20)2-1-3-15(17)21/h1-10H,(H,22,23). The summed E-state index contributed by atoms with van der Waals surface area (Å²) in [7, 11) is 0. The van der Waals surface area contributed by atoms with E-state index in [1.54, 1.807) is 24.3 Å². The Kier molecular flexibility index (Phi) is 4.53. The zero-order valence-electron chi connectivity index (χ0n) is 12.3. The molecule has 0 aliphatic carbocycles. The molecular formula is C18H11ClF2N2O. The van der Waals surface area contributed by atoms with Crippen molar-refractivity contribution in [3.63, 3.8) is 0 Å². The van der Waals surface area contributed by atoms with E-state index in [1.165, 1.54) is 24.4 Å². The van der Waals surface area contributed by atoms with Crippen molar-refractivity contribution in [1.82, 2.24) is 4.98 Å². The zero-order chi connectivity index (χ0) is 17.1. The summed E-state index contributed by atoms with van der Waals surface area (Å²) in [6.45, 7) is 0. The number of hydrogen-bond donors (Lipinski definition) is 1. The first-order chi connectivity index (χ1) is 11.5. The Morgan fingerprint density at radius 3 is 2.12 bits per heavy atom. The third-order valence-electron chi connectivity index (χ3n) is 3.35. The SMILES string of the molecule is O=C(c1ccc(Cl)cc1)c1ccc(Nc2c(F)cccc2F)nc1. The molecule has 0 fully saturated rings. The molecule has 0 saturated heterocycles. The first kappa shape index (κ1) is 16.1. The number of rotatable bonds is 4. The molecule has 6 heteroatoms. The lowest BCUT2D eigenvalue weighted by Gasteiger charge is -2.08. The fraction of sp³-hybridized carbons (Fsp3) is 0. The number of para-hydroxylation sites is 1. The van der Waals surface area contributed by atoms with Crippen molar-refractivity contribution in [2.75, 3.05) is 5.32 Å². The quantitative estimate of drug-likeness (QED) is 0.678. The van der Waals surface area contributed by atoms with Gasteiger partial charge in [0.1, 0.15) is 23.1 Å². The molecule has 24 heavy (non-hydrogen) atoms. The fourth-order valence-corrected chi connectivity index (χ4v) is 2.24. The van der Waals surface area contributed by atoms with Gasteiger partial charge in [0, 0.05) is 22.3 Å². The van der Waals surface area contributed by atoms with E-state index in [4.69, 9.17) is 11.6 Å². The molecule has 0 unspecified atom stereocenters. The van der Waals surface area contributed by atoms with E-state index in [2.05, 4.69) is 10.3 Å². The highest BCUT2D eigenvalue weighted by Gasteiger charge is 2.12. The van der Waals surface area contributed by atoms with Crippen molar-refractivity contribution in [2.24, 2.45) is 0 Å². The topological polar surface area (TPSA) is 42.0 Å². The second kappa shape index (κ2) is 6.76. The van der Waals surface area contributed by atoms with Crippen LogP contribution in [0.15, 0.2) is 60.8 Å².